The Bertz CT molecular complexity index is 787. The Morgan fingerprint density at radius 2 is 1.83 bits per heavy atom. The van der Waals surface area contributed by atoms with E-state index in [0.717, 1.165) is 42.9 Å². The molecule has 3 N–H and O–H groups in total. The largest absolute Gasteiger partial charge is 0.494 e. The SMILES string of the molecule is CCCCOc1ccc(C(=O)Nc2cc(C)c(N3CCCC3)cc2Cl)cc1.CN. The third-order valence-electron chi connectivity index (χ3n) is 4.86. The van der Waals surface area contributed by atoms with Crippen molar-refractivity contribution in [3.63, 3.8) is 0 Å². The van der Waals surface area contributed by atoms with Gasteiger partial charge in [0, 0.05) is 24.3 Å². The van der Waals surface area contributed by atoms with Crippen LogP contribution in [0.4, 0.5) is 11.4 Å². The van der Waals surface area contributed by atoms with Gasteiger partial charge in [0.1, 0.15) is 5.75 Å². The van der Waals surface area contributed by atoms with Gasteiger partial charge in [-0.15, -0.1) is 0 Å². The molecule has 1 saturated heterocycles. The van der Waals surface area contributed by atoms with Gasteiger partial charge in [-0.05, 0) is 75.2 Å². The van der Waals surface area contributed by atoms with Crippen LogP contribution in [0.1, 0.15) is 48.5 Å². The number of anilines is 2. The molecule has 0 saturated carbocycles. The topological polar surface area (TPSA) is 67.6 Å². The molecule has 3 rings (SSSR count). The Balaban J connectivity index is 0.00000145. The molecule has 158 valence electrons. The van der Waals surface area contributed by atoms with E-state index in [4.69, 9.17) is 16.3 Å². The lowest BCUT2D eigenvalue weighted by Gasteiger charge is -2.21. The second kappa shape index (κ2) is 11.7. The molecule has 1 heterocycles. The lowest BCUT2D eigenvalue weighted by molar-refractivity contribution is 0.102. The first-order valence-electron chi connectivity index (χ1n) is 10.3. The van der Waals surface area contributed by atoms with Crippen molar-refractivity contribution in [2.75, 3.05) is 37.0 Å². The smallest absolute Gasteiger partial charge is 0.255 e. The van der Waals surface area contributed by atoms with Crippen LogP contribution in [0.3, 0.4) is 0 Å². The summed E-state index contributed by atoms with van der Waals surface area (Å²) in [5.74, 6) is 0.606. The highest BCUT2D eigenvalue weighted by atomic mass is 35.5. The number of aryl methyl sites for hydroxylation is 1. The van der Waals surface area contributed by atoms with Gasteiger partial charge in [0.05, 0.1) is 17.3 Å². The summed E-state index contributed by atoms with van der Waals surface area (Å²) in [6.45, 7) is 7.01. The number of halogens is 1. The molecule has 0 atom stereocenters. The Morgan fingerprint density at radius 3 is 2.45 bits per heavy atom. The zero-order valence-corrected chi connectivity index (χ0v) is 18.4. The van der Waals surface area contributed by atoms with E-state index in [0.29, 0.717) is 22.9 Å². The summed E-state index contributed by atoms with van der Waals surface area (Å²) in [6, 6.07) is 11.1. The maximum Gasteiger partial charge on any atom is 0.255 e. The molecule has 1 fully saturated rings. The minimum absolute atomic E-state index is 0.176. The average Bonchev–Trinajstić information content (AvgIpc) is 3.27. The highest BCUT2D eigenvalue weighted by Crippen LogP contribution is 2.33. The third kappa shape index (κ3) is 6.38. The summed E-state index contributed by atoms with van der Waals surface area (Å²) in [6.07, 6.45) is 4.55. The molecule has 0 spiro atoms. The van der Waals surface area contributed by atoms with Gasteiger partial charge in [-0.25, -0.2) is 0 Å². The number of nitrogens with zero attached hydrogens (tertiary/aromatic N) is 1. The molecule has 0 bridgehead atoms. The lowest BCUT2D eigenvalue weighted by atomic mass is 10.1. The number of carbonyl (C=O) groups excluding carboxylic acids is 1. The van der Waals surface area contributed by atoms with Crippen molar-refractivity contribution in [2.45, 2.75) is 39.5 Å². The Labute approximate surface area is 179 Å². The second-order valence-electron chi connectivity index (χ2n) is 6.99. The molecule has 0 aliphatic carbocycles. The molecule has 5 nitrogen and oxygen atoms in total. The number of nitrogens with two attached hydrogens (primary N) is 1. The molecule has 29 heavy (non-hydrogen) atoms. The first kappa shape index (κ1) is 23.0. The highest BCUT2D eigenvalue weighted by molar-refractivity contribution is 6.34. The minimum atomic E-state index is -0.176. The minimum Gasteiger partial charge on any atom is -0.494 e. The van der Waals surface area contributed by atoms with Crippen molar-refractivity contribution < 1.29 is 9.53 Å². The van der Waals surface area contributed by atoms with Crippen molar-refractivity contribution in [1.82, 2.24) is 0 Å². The fourth-order valence-electron chi connectivity index (χ4n) is 3.30. The van der Waals surface area contributed by atoms with Gasteiger partial charge in [-0.1, -0.05) is 24.9 Å². The average molecular weight is 418 g/mol. The van der Waals surface area contributed by atoms with Crippen LogP contribution in [0.15, 0.2) is 36.4 Å². The van der Waals surface area contributed by atoms with E-state index >= 15 is 0 Å². The molecule has 0 unspecified atom stereocenters. The number of unbranched alkanes of at least 4 members (excludes halogenated alkanes) is 1. The van der Waals surface area contributed by atoms with Crippen LogP contribution in [0, 0.1) is 6.92 Å². The maximum absolute atomic E-state index is 12.6. The van der Waals surface area contributed by atoms with E-state index < -0.39 is 0 Å². The van der Waals surface area contributed by atoms with Crippen LogP contribution in [0.5, 0.6) is 5.75 Å². The van der Waals surface area contributed by atoms with Crippen molar-refractivity contribution in [3.05, 3.63) is 52.5 Å². The van der Waals surface area contributed by atoms with Gasteiger partial charge in [-0.2, -0.15) is 0 Å². The summed E-state index contributed by atoms with van der Waals surface area (Å²) >= 11 is 6.45. The number of ether oxygens (including phenoxy) is 1. The molecular formula is C23H32ClN3O2. The zero-order valence-electron chi connectivity index (χ0n) is 17.6. The van der Waals surface area contributed by atoms with Crippen LogP contribution >= 0.6 is 11.6 Å². The number of carbonyl (C=O) groups is 1. The lowest BCUT2D eigenvalue weighted by Crippen LogP contribution is -2.19. The van der Waals surface area contributed by atoms with Gasteiger partial charge in [0.2, 0.25) is 0 Å². The van der Waals surface area contributed by atoms with E-state index in [1.54, 1.807) is 12.1 Å². The van der Waals surface area contributed by atoms with Crippen LogP contribution in [0.2, 0.25) is 5.02 Å². The first-order chi connectivity index (χ1) is 14.1. The Hall–Kier alpha value is -2.24. The number of rotatable bonds is 7. The molecule has 2 aromatic rings. The summed E-state index contributed by atoms with van der Waals surface area (Å²) in [5, 5.41) is 3.49. The number of hydrogen-bond acceptors (Lipinski definition) is 4. The Kier molecular flexibility index (Phi) is 9.29. The maximum atomic E-state index is 12.6. The number of benzene rings is 2. The van der Waals surface area contributed by atoms with Crippen molar-refractivity contribution in [1.29, 1.82) is 0 Å². The van der Waals surface area contributed by atoms with Crippen molar-refractivity contribution in [3.8, 4) is 5.75 Å². The normalized spacial score (nSPS) is 12.9. The monoisotopic (exact) mass is 417 g/mol. The van der Waals surface area contributed by atoms with Crippen LogP contribution in [0.25, 0.3) is 0 Å². The summed E-state index contributed by atoms with van der Waals surface area (Å²) < 4.78 is 5.64. The van der Waals surface area contributed by atoms with Gasteiger partial charge >= 0.3 is 0 Å². The molecule has 6 heteroatoms. The highest BCUT2D eigenvalue weighted by Gasteiger charge is 2.17. The standard InChI is InChI=1S/C22H27ClN2O2.CH5N/c1-3-4-13-27-18-9-7-17(8-10-18)22(26)24-20-14-16(2)21(15-19(20)23)25-11-5-6-12-25;1-2/h7-10,14-15H,3-6,11-13H2,1-2H3,(H,24,26);2H2,1H3. The van der Waals surface area contributed by atoms with E-state index in [2.05, 4.69) is 29.8 Å². The van der Waals surface area contributed by atoms with E-state index in [1.165, 1.54) is 19.9 Å². The molecule has 1 amide bonds. The first-order valence-corrected chi connectivity index (χ1v) is 10.6. The van der Waals surface area contributed by atoms with Crippen LogP contribution in [-0.2, 0) is 0 Å². The van der Waals surface area contributed by atoms with Gasteiger partial charge in [-0.3, -0.25) is 4.79 Å². The van der Waals surface area contributed by atoms with Crippen LogP contribution < -0.4 is 20.7 Å². The quantitative estimate of drug-likeness (QED) is 0.603. The molecule has 1 aliphatic heterocycles. The number of amides is 1. The van der Waals surface area contributed by atoms with E-state index in [-0.39, 0.29) is 5.91 Å². The summed E-state index contributed by atoms with van der Waals surface area (Å²) in [5.41, 5.74) is 8.00. The zero-order chi connectivity index (χ0) is 21.2. The summed E-state index contributed by atoms with van der Waals surface area (Å²) in [4.78, 5) is 14.9. The van der Waals surface area contributed by atoms with E-state index in [9.17, 15) is 4.79 Å². The Morgan fingerprint density at radius 1 is 1.17 bits per heavy atom. The molecule has 2 aromatic carbocycles. The van der Waals surface area contributed by atoms with Crippen molar-refractivity contribution >= 4 is 28.9 Å². The molecule has 0 radical (unpaired) electrons. The fourth-order valence-corrected chi connectivity index (χ4v) is 3.50. The van der Waals surface area contributed by atoms with Gasteiger partial charge in [0.15, 0.2) is 0 Å². The number of hydrogen-bond donors (Lipinski definition) is 2. The molecule has 0 aromatic heterocycles. The molecule has 1 aliphatic rings. The molecular weight excluding hydrogens is 386 g/mol. The fraction of sp³-hybridized carbons (Fsp3) is 0.435. The predicted molar refractivity (Wildman–Crippen MR) is 123 cm³/mol. The predicted octanol–water partition coefficient (Wildman–Crippen LogP) is 5.25. The van der Waals surface area contributed by atoms with Crippen LogP contribution in [-0.4, -0.2) is 32.7 Å². The van der Waals surface area contributed by atoms with Gasteiger partial charge in [0.25, 0.3) is 5.91 Å². The summed E-state index contributed by atoms with van der Waals surface area (Å²) in [7, 11) is 1.50. The van der Waals surface area contributed by atoms with E-state index in [1.807, 2.05) is 24.3 Å². The van der Waals surface area contributed by atoms with Crippen molar-refractivity contribution in [2.24, 2.45) is 5.73 Å². The van der Waals surface area contributed by atoms with Gasteiger partial charge < -0.3 is 20.7 Å². The third-order valence-corrected chi connectivity index (χ3v) is 5.18. The number of nitrogens with one attached hydrogen (secondary N) is 1. The second-order valence-corrected chi connectivity index (χ2v) is 7.40.